The molecule has 2 aromatic rings. The van der Waals surface area contributed by atoms with E-state index in [2.05, 4.69) is 5.32 Å². The van der Waals surface area contributed by atoms with Gasteiger partial charge in [-0.2, -0.15) is 0 Å². The van der Waals surface area contributed by atoms with Gasteiger partial charge in [0.2, 0.25) is 21.8 Å². The van der Waals surface area contributed by atoms with Crippen LogP contribution in [0.1, 0.15) is 25.8 Å². The van der Waals surface area contributed by atoms with Crippen LogP contribution in [0.4, 0.5) is 5.69 Å². The lowest BCUT2D eigenvalue weighted by atomic mass is 10.1. The highest BCUT2D eigenvalue weighted by atomic mass is 35.5. The minimum absolute atomic E-state index is 0.0304. The number of hydrogen-bond acceptors (Lipinski definition) is 6. The van der Waals surface area contributed by atoms with Crippen molar-refractivity contribution >= 4 is 50.7 Å². The smallest absolute Gasteiger partial charge is 0.244 e. The Bertz CT molecular complexity index is 1190. The van der Waals surface area contributed by atoms with Crippen LogP contribution in [-0.4, -0.2) is 64.7 Å². The van der Waals surface area contributed by atoms with Gasteiger partial charge in [0.15, 0.2) is 0 Å². The van der Waals surface area contributed by atoms with Gasteiger partial charge in [-0.1, -0.05) is 36.2 Å². The summed E-state index contributed by atoms with van der Waals surface area (Å²) in [7, 11) is -1.11. The minimum Gasteiger partial charge on any atom is -0.497 e. The fourth-order valence-electron chi connectivity index (χ4n) is 3.63. The normalized spacial score (nSPS) is 12.0. The number of rotatable bonds is 12. The molecule has 0 fully saturated rings. The van der Waals surface area contributed by atoms with Gasteiger partial charge in [0.25, 0.3) is 0 Å². The lowest BCUT2D eigenvalue weighted by Crippen LogP contribution is -2.52. The lowest BCUT2D eigenvalue weighted by molar-refractivity contribution is -0.140. The van der Waals surface area contributed by atoms with Crippen molar-refractivity contribution in [2.24, 2.45) is 0 Å². The lowest BCUT2D eigenvalue weighted by Gasteiger charge is -2.33. The molecule has 2 aromatic carbocycles. The van der Waals surface area contributed by atoms with Gasteiger partial charge in [0.05, 0.1) is 26.2 Å². The third-order valence-corrected chi connectivity index (χ3v) is 7.14. The van der Waals surface area contributed by atoms with E-state index in [0.29, 0.717) is 34.3 Å². The molecule has 0 bridgehead atoms. The van der Waals surface area contributed by atoms with Crippen molar-refractivity contribution < 1.29 is 27.5 Å². The van der Waals surface area contributed by atoms with Gasteiger partial charge in [-0.3, -0.25) is 13.9 Å². The molecular formula is C24H31Cl2N3O6S. The molecule has 1 N–H and O–H groups in total. The van der Waals surface area contributed by atoms with E-state index >= 15 is 0 Å². The van der Waals surface area contributed by atoms with Crippen LogP contribution >= 0.6 is 23.2 Å². The number of benzene rings is 2. The largest absolute Gasteiger partial charge is 0.497 e. The number of nitrogens with one attached hydrogen (secondary N) is 1. The molecule has 2 rings (SSSR count). The molecule has 0 spiro atoms. The third-order valence-electron chi connectivity index (χ3n) is 5.43. The summed E-state index contributed by atoms with van der Waals surface area (Å²) in [5.41, 5.74) is 0.685. The fourth-order valence-corrected chi connectivity index (χ4v) is 4.94. The Morgan fingerprint density at radius 3 is 2.28 bits per heavy atom. The van der Waals surface area contributed by atoms with E-state index in [1.54, 1.807) is 38.1 Å². The second kappa shape index (κ2) is 13.0. The van der Waals surface area contributed by atoms with Gasteiger partial charge in [-0.05, 0) is 43.2 Å². The monoisotopic (exact) mass is 559 g/mol. The second-order valence-electron chi connectivity index (χ2n) is 7.88. The average Bonchev–Trinajstić information content (AvgIpc) is 2.82. The van der Waals surface area contributed by atoms with Gasteiger partial charge in [0, 0.05) is 29.2 Å². The number of halogens is 2. The maximum Gasteiger partial charge on any atom is 0.244 e. The Morgan fingerprint density at radius 2 is 1.75 bits per heavy atom. The number of anilines is 1. The van der Waals surface area contributed by atoms with Crippen LogP contribution < -0.4 is 19.1 Å². The Balaban J connectivity index is 2.55. The van der Waals surface area contributed by atoms with Crippen LogP contribution in [0.2, 0.25) is 10.0 Å². The zero-order chi connectivity index (χ0) is 27.0. The number of amides is 2. The van der Waals surface area contributed by atoms with Crippen LogP contribution in [0.3, 0.4) is 0 Å². The van der Waals surface area contributed by atoms with E-state index in [0.717, 1.165) is 10.6 Å². The first-order chi connectivity index (χ1) is 17.0. The molecule has 36 heavy (non-hydrogen) atoms. The molecule has 0 aliphatic heterocycles. The number of carbonyl (C=O) groups is 2. The third kappa shape index (κ3) is 7.41. The molecule has 198 valence electrons. The highest BCUT2D eigenvalue weighted by Crippen LogP contribution is 2.34. The summed E-state index contributed by atoms with van der Waals surface area (Å²) < 4.78 is 37.2. The first-order valence-electron chi connectivity index (χ1n) is 11.2. The SMILES string of the molecule is CCNC(=O)C(CC)N(Cc1ccc(Cl)cc1Cl)C(=O)CN(c1cc(OC)ccc1OC)S(C)(=O)=O. The quantitative estimate of drug-likeness (QED) is 0.425. The molecule has 0 radical (unpaired) electrons. The molecule has 0 saturated carbocycles. The summed E-state index contributed by atoms with van der Waals surface area (Å²) in [6.07, 6.45) is 1.28. The fraction of sp³-hybridized carbons (Fsp3) is 0.417. The number of nitrogens with zero attached hydrogens (tertiary/aromatic N) is 2. The van der Waals surface area contributed by atoms with Gasteiger partial charge < -0.3 is 19.7 Å². The average molecular weight is 561 g/mol. The Labute approximate surface area is 222 Å². The van der Waals surface area contributed by atoms with Crippen molar-refractivity contribution in [3.8, 4) is 11.5 Å². The molecule has 9 nitrogen and oxygen atoms in total. The number of carbonyl (C=O) groups excluding carboxylic acids is 2. The molecule has 2 amide bonds. The Hall–Kier alpha value is -2.69. The summed E-state index contributed by atoms with van der Waals surface area (Å²) in [6.45, 7) is 3.30. The van der Waals surface area contributed by atoms with Gasteiger partial charge in [0.1, 0.15) is 24.1 Å². The van der Waals surface area contributed by atoms with Gasteiger partial charge >= 0.3 is 0 Å². The summed E-state index contributed by atoms with van der Waals surface area (Å²) in [6, 6.07) is 8.59. The molecule has 0 aliphatic carbocycles. The molecule has 0 heterocycles. The van der Waals surface area contributed by atoms with Crippen LogP contribution in [0.5, 0.6) is 11.5 Å². The van der Waals surface area contributed by atoms with E-state index in [-0.39, 0.29) is 23.9 Å². The van der Waals surface area contributed by atoms with Crippen molar-refractivity contribution in [3.63, 3.8) is 0 Å². The van der Waals surface area contributed by atoms with Crippen LogP contribution in [0.25, 0.3) is 0 Å². The summed E-state index contributed by atoms with van der Waals surface area (Å²) in [5, 5.41) is 3.48. The van der Waals surface area contributed by atoms with E-state index in [1.165, 1.54) is 31.3 Å². The highest BCUT2D eigenvalue weighted by molar-refractivity contribution is 7.92. The number of methoxy groups -OCH3 is 2. The topological polar surface area (TPSA) is 105 Å². The molecule has 0 aromatic heterocycles. The number of sulfonamides is 1. The van der Waals surface area contributed by atoms with Crippen molar-refractivity contribution in [3.05, 3.63) is 52.0 Å². The molecule has 1 atom stereocenters. The standard InChI is InChI=1S/C24H31Cl2N3O6S/c1-6-20(24(31)27-7-2)28(14-16-8-9-17(25)12-19(16)26)23(30)15-29(36(5,32)33)21-13-18(34-3)10-11-22(21)35-4/h8-13,20H,6-7,14-15H2,1-5H3,(H,27,31). The molecule has 0 saturated heterocycles. The maximum absolute atomic E-state index is 13.7. The van der Waals surface area contributed by atoms with E-state index in [1.807, 2.05) is 0 Å². The summed E-state index contributed by atoms with van der Waals surface area (Å²) in [4.78, 5) is 27.9. The molecular weight excluding hydrogens is 529 g/mol. The first-order valence-corrected chi connectivity index (χ1v) is 13.8. The van der Waals surface area contributed by atoms with Crippen molar-refractivity contribution in [1.82, 2.24) is 10.2 Å². The summed E-state index contributed by atoms with van der Waals surface area (Å²) in [5.74, 6) is -0.347. The van der Waals surface area contributed by atoms with E-state index < -0.39 is 28.5 Å². The van der Waals surface area contributed by atoms with Crippen molar-refractivity contribution in [2.45, 2.75) is 32.9 Å². The Morgan fingerprint density at radius 1 is 1.06 bits per heavy atom. The van der Waals surface area contributed by atoms with E-state index in [4.69, 9.17) is 32.7 Å². The summed E-state index contributed by atoms with van der Waals surface area (Å²) >= 11 is 12.4. The number of hydrogen-bond donors (Lipinski definition) is 1. The predicted octanol–water partition coefficient (Wildman–Crippen LogP) is 3.72. The van der Waals surface area contributed by atoms with E-state index in [9.17, 15) is 18.0 Å². The highest BCUT2D eigenvalue weighted by Gasteiger charge is 2.33. The van der Waals surface area contributed by atoms with Gasteiger partial charge in [-0.25, -0.2) is 8.42 Å². The zero-order valence-corrected chi connectivity index (χ0v) is 23.2. The predicted molar refractivity (Wildman–Crippen MR) is 142 cm³/mol. The Kier molecular flexibility index (Phi) is 10.7. The maximum atomic E-state index is 13.7. The molecule has 0 aliphatic rings. The first kappa shape index (κ1) is 29.5. The molecule has 12 heteroatoms. The van der Waals surface area contributed by atoms with Crippen LogP contribution in [-0.2, 0) is 26.2 Å². The van der Waals surface area contributed by atoms with Crippen LogP contribution in [0.15, 0.2) is 36.4 Å². The number of likely N-dealkylation sites (N-methyl/N-ethyl adjacent to an activating group) is 1. The minimum atomic E-state index is -3.95. The molecule has 1 unspecified atom stereocenters. The van der Waals surface area contributed by atoms with Crippen LogP contribution in [0, 0.1) is 0 Å². The zero-order valence-electron chi connectivity index (χ0n) is 20.9. The van der Waals surface area contributed by atoms with Crippen molar-refractivity contribution in [1.29, 1.82) is 0 Å². The number of ether oxygens (including phenoxy) is 2. The second-order valence-corrected chi connectivity index (χ2v) is 10.6. The van der Waals surface area contributed by atoms with Gasteiger partial charge in [-0.15, -0.1) is 0 Å². The van der Waals surface area contributed by atoms with Crippen molar-refractivity contribution in [2.75, 3.05) is 37.9 Å².